The summed E-state index contributed by atoms with van der Waals surface area (Å²) in [6.07, 6.45) is 3.13. The summed E-state index contributed by atoms with van der Waals surface area (Å²) < 4.78 is 5.41. The summed E-state index contributed by atoms with van der Waals surface area (Å²) in [5, 5.41) is 10.0. The van der Waals surface area contributed by atoms with Gasteiger partial charge in [-0.15, -0.1) is 0 Å². The minimum atomic E-state index is -0.174. The van der Waals surface area contributed by atoms with Gasteiger partial charge in [0.2, 0.25) is 0 Å². The molecule has 0 amide bonds. The second kappa shape index (κ2) is 4.87. The van der Waals surface area contributed by atoms with Crippen molar-refractivity contribution in [2.75, 3.05) is 32.8 Å². The molecular weight excluding hydrogens is 214 g/mol. The molecule has 0 aliphatic carbocycles. The van der Waals surface area contributed by atoms with Gasteiger partial charge in [-0.3, -0.25) is 4.90 Å². The number of aliphatic hydroxyl groups is 1. The van der Waals surface area contributed by atoms with E-state index >= 15 is 0 Å². The predicted molar refractivity (Wildman–Crippen MR) is 69.0 cm³/mol. The topological polar surface area (TPSA) is 32.7 Å². The normalized spacial score (nSPS) is 26.8. The Balaban J connectivity index is 1.69. The summed E-state index contributed by atoms with van der Waals surface area (Å²) in [6.45, 7) is 11.6. The van der Waals surface area contributed by atoms with Crippen molar-refractivity contribution in [2.45, 2.75) is 46.1 Å². The van der Waals surface area contributed by atoms with Crippen LogP contribution in [0.3, 0.4) is 0 Å². The lowest BCUT2D eigenvalue weighted by Gasteiger charge is -2.53. The summed E-state index contributed by atoms with van der Waals surface area (Å²) >= 11 is 0. The highest BCUT2D eigenvalue weighted by Gasteiger charge is 2.44. The van der Waals surface area contributed by atoms with Crippen LogP contribution in [0.4, 0.5) is 0 Å². The van der Waals surface area contributed by atoms with E-state index < -0.39 is 0 Å². The second-order valence-corrected chi connectivity index (χ2v) is 7.20. The first-order chi connectivity index (χ1) is 7.89. The molecule has 1 N–H and O–H groups in total. The van der Waals surface area contributed by atoms with Crippen molar-refractivity contribution in [2.24, 2.45) is 10.8 Å². The monoisotopic (exact) mass is 241 g/mol. The van der Waals surface area contributed by atoms with Crippen LogP contribution in [0, 0.1) is 10.8 Å². The minimum Gasteiger partial charge on any atom is -0.392 e. The summed E-state index contributed by atoms with van der Waals surface area (Å²) in [7, 11) is 0. The first-order valence-electron chi connectivity index (χ1n) is 6.87. The second-order valence-electron chi connectivity index (χ2n) is 7.20. The van der Waals surface area contributed by atoms with Crippen LogP contribution in [0.5, 0.6) is 0 Å². The van der Waals surface area contributed by atoms with Gasteiger partial charge in [0.05, 0.1) is 6.10 Å². The molecule has 0 aromatic rings. The highest BCUT2D eigenvalue weighted by Crippen LogP contribution is 2.39. The number of ether oxygens (including phenoxy) is 1. The van der Waals surface area contributed by atoms with Crippen LogP contribution in [0.2, 0.25) is 0 Å². The molecule has 0 saturated carbocycles. The molecule has 3 nitrogen and oxygen atoms in total. The Labute approximate surface area is 105 Å². The molecule has 100 valence electrons. The molecule has 0 aromatic heterocycles. The molecule has 2 saturated heterocycles. The van der Waals surface area contributed by atoms with Crippen LogP contribution >= 0.6 is 0 Å². The zero-order valence-electron chi connectivity index (χ0n) is 11.5. The molecule has 3 heteroatoms. The Morgan fingerprint density at radius 2 is 1.82 bits per heavy atom. The number of hydrogen-bond acceptors (Lipinski definition) is 3. The Morgan fingerprint density at radius 3 is 2.35 bits per heavy atom. The number of rotatable bonds is 3. The smallest absolute Gasteiger partial charge is 0.0672 e. The van der Waals surface area contributed by atoms with E-state index in [2.05, 4.69) is 25.7 Å². The zero-order valence-corrected chi connectivity index (χ0v) is 11.5. The Kier molecular flexibility index (Phi) is 3.81. The third kappa shape index (κ3) is 3.67. The third-order valence-corrected chi connectivity index (χ3v) is 3.99. The van der Waals surface area contributed by atoms with E-state index in [1.54, 1.807) is 0 Å². The molecule has 0 bridgehead atoms. The van der Waals surface area contributed by atoms with Crippen LogP contribution in [0.25, 0.3) is 0 Å². The van der Waals surface area contributed by atoms with E-state index in [0.29, 0.717) is 5.41 Å². The van der Waals surface area contributed by atoms with Gasteiger partial charge in [0.1, 0.15) is 0 Å². The molecule has 0 aromatic carbocycles. The molecule has 1 unspecified atom stereocenters. The summed E-state index contributed by atoms with van der Waals surface area (Å²) in [4.78, 5) is 2.40. The van der Waals surface area contributed by atoms with E-state index in [4.69, 9.17) is 4.74 Å². The lowest BCUT2D eigenvalue weighted by atomic mass is 9.73. The van der Waals surface area contributed by atoms with Gasteiger partial charge in [-0.05, 0) is 24.7 Å². The molecule has 17 heavy (non-hydrogen) atoms. The van der Waals surface area contributed by atoms with Gasteiger partial charge in [0.15, 0.2) is 0 Å². The Bertz CT molecular complexity index is 245. The molecule has 1 atom stereocenters. The van der Waals surface area contributed by atoms with Gasteiger partial charge < -0.3 is 9.84 Å². The van der Waals surface area contributed by atoms with Gasteiger partial charge in [0.25, 0.3) is 0 Å². The minimum absolute atomic E-state index is 0.174. The average Bonchev–Trinajstić information content (AvgIpc) is 2.13. The zero-order chi connectivity index (χ0) is 12.5. The standard InChI is InChI=1S/C14H27NO2/c1-13(2,3)8-12(16)9-15-10-14(11-15)4-6-17-7-5-14/h12,16H,4-11H2,1-3H3. The highest BCUT2D eigenvalue weighted by atomic mass is 16.5. The molecular formula is C14H27NO2. The lowest BCUT2D eigenvalue weighted by Crippen LogP contribution is -2.59. The van der Waals surface area contributed by atoms with Crippen LogP contribution in [0.1, 0.15) is 40.0 Å². The van der Waals surface area contributed by atoms with Crippen molar-refractivity contribution in [1.29, 1.82) is 0 Å². The van der Waals surface area contributed by atoms with Gasteiger partial charge >= 0.3 is 0 Å². The summed E-state index contributed by atoms with van der Waals surface area (Å²) in [6, 6.07) is 0. The molecule has 2 fully saturated rings. The Morgan fingerprint density at radius 1 is 1.24 bits per heavy atom. The average molecular weight is 241 g/mol. The van der Waals surface area contributed by atoms with Crippen molar-refractivity contribution in [1.82, 2.24) is 4.90 Å². The molecule has 0 radical (unpaired) electrons. The molecule has 1 spiro atoms. The van der Waals surface area contributed by atoms with Crippen LogP contribution in [0.15, 0.2) is 0 Å². The maximum atomic E-state index is 10.0. The van der Waals surface area contributed by atoms with E-state index in [0.717, 1.165) is 39.3 Å². The highest BCUT2D eigenvalue weighted by molar-refractivity contribution is 4.96. The van der Waals surface area contributed by atoms with E-state index in [1.807, 2.05) is 0 Å². The number of β-amino-alcohol motifs (C(OH)–C–C–N with tert-alkyl or cyclic N) is 1. The third-order valence-electron chi connectivity index (χ3n) is 3.99. The molecule has 2 aliphatic heterocycles. The summed E-state index contributed by atoms with van der Waals surface area (Å²) in [5.74, 6) is 0. The van der Waals surface area contributed by atoms with Gasteiger partial charge in [-0.1, -0.05) is 20.8 Å². The number of hydrogen-bond donors (Lipinski definition) is 1. The first-order valence-corrected chi connectivity index (χ1v) is 6.87. The maximum absolute atomic E-state index is 10.0. The van der Waals surface area contributed by atoms with Gasteiger partial charge in [-0.2, -0.15) is 0 Å². The molecule has 2 heterocycles. The SMILES string of the molecule is CC(C)(C)CC(O)CN1CC2(CCOCC2)C1. The van der Waals surface area contributed by atoms with Gasteiger partial charge in [0, 0.05) is 38.3 Å². The van der Waals surface area contributed by atoms with E-state index in [1.165, 1.54) is 12.8 Å². The van der Waals surface area contributed by atoms with Crippen LogP contribution in [-0.4, -0.2) is 49.0 Å². The van der Waals surface area contributed by atoms with Crippen molar-refractivity contribution in [3.8, 4) is 0 Å². The van der Waals surface area contributed by atoms with Crippen LogP contribution in [-0.2, 0) is 4.74 Å². The largest absolute Gasteiger partial charge is 0.392 e. The van der Waals surface area contributed by atoms with Crippen molar-refractivity contribution < 1.29 is 9.84 Å². The van der Waals surface area contributed by atoms with Crippen LogP contribution < -0.4 is 0 Å². The number of likely N-dealkylation sites (tertiary alicyclic amines) is 1. The maximum Gasteiger partial charge on any atom is 0.0672 e. The number of nitrogens with zero attached hydrogens (tertiary/aromatic N) is 1. The molecule has 2 rings (SSSR count). The Hall–Kier alpha value is -0.120. The number of aliphatic hydroxyl groups excluding tert-OH is 1. The first kappa shape index (κ1) is 13.3. The van der Waals surface area contributed by atoms with E-state index in [-0.39, 0.29) is 11.5 Å². The van der Waals surface area contributed by atoms with Crippen molar-refractivity contribution in [3.63, 3.8) is 0 Å². The fourth-order valence-corrected chi connectivity index (χ4v) is 3.22. The van der Waals surface area contributed by atoms with E-state index in [9.17, 15) is 5.11 Å². The van der Waals surface area contributed by atoms with Gasteiger partial charge in [-0.25, -0.2) is 0 Å². The quantitative estimate of drug-likeness (QED) is 0.819. The van der Waals surface area contributed by atoms with Crippen molar-refractivity contribution >= 4 is 0 Å². The fraction of sp³-hybridized carbons (Fsp3) is 1.00. The lowest BCUT2D eigenvalue weighted by molar-refractivity contribution is -0.0934. The predicted octanol–water partition coefficient (Wildman–Crippen LogP) is 1.90. The summed E-state index contributed by atoms with van der Waals surface area (Å²) in [5.41, 5.74) is 0.750. The van der Waals surface area contributed by atoms with Crippen molar-refractivity contribution in [3.05, 3.63) is 0 Å². The fourth-order valence-electron chi connectivity index (χ4n) is 3.22. The molecule has 2 aliphatic rings.